The van der Waals surface area contributed by atoms with Crippen molar-refractivity contribution in [3.63, 3.8) is 0 Å². The van der Waals surface area contributed by atoms with Crippen LogP contribution >= 0.6 is 0 Å². The predicted molar refractivity (Wildman–Crippen MR) is 68.0 cm³/mol. The van der Waals surface area contributed by atoms with Crippen molar-refractivity contribution < 1.29 is 4.42 Å². The highest BCUT2D eigenvalue weighted by Gasteiger charge is 2.12. The topological polar surface area (TPSA) is 75.9 Å². The molecule has 0 aliphatic heterocycles. The van der Waals surface area contributed by atoms with Gasteiger partial charge in [-0.2, -0.15) is 0 Å². The normalized spacial score (nSPS) is 12.3. The van der Waals surface area contributed by atoms with Crippen LogP contribution in [0.25, 0.3) is 0 Å². The van der Waals surface area contributed by atoms with Crippen LogP contribution in [0.4, 0.5) is 6.01 Å². The molecule has 0 fully saturated rings. The molecule has 96 valence electrons. The quantitative estimate of drug-likeness (QED) is 0.810. The van der Waals surface area contributed by atoms with E-state index in [1.165, 1.54) is 0 Å². The molecule has 2 N–H and O–H groups in total. The highest BCUT2D eigenvalue weighted by Crippen LogP contribution is 2.13. The first-order valence-corrected chi connectivity index (χ1v) is 5.99. The Morgan fingerprint density at radius 3 is 2.78 bits per heavy atom. The first kappa shape index (κ1) is 12.5. The second-order valence-corrected chi connectivity index (χ2v) is 3.93. The summed E-state index contributed by atoms with van der Waals surface area (Å²) in [6.45, 7) is 5.53. The molecule has 2 heterocycles. The van der Waals surface area contributed by atoms with E-state index in [9.17, 15) is 0 Å². The van der Waals surface area contributed by atoms with Gasteiger partial charge < -0.3 is 15.1 Å². The molecule has 18 heavy (non-hydrogen) atoms. The van der Waals surface area contributed by atoms with E-state index in [1.807, 2.05) is 26.0 Å². The Morgan fingerprint density at radius 1 is 1.28 bits per heavy atom. The molecule has 0 amide bonds. The van der Waals surface area contributed by atoms with Gasteiger partial charge >= 0.3 is 6.01 Å². The van der Waals surface area contributed by atoms with Crippen molar-refractivity contribution in [1.29, 1.82) is 0 Å². The molecule has 0 spiro atoms. The van der Waals surface area contributed by atoms with Gasteiger partial charge in [0.25, 0.3) is 0 Å². The van der Waals surface area contributed by atoms with Crippen molar-refractivity contribution in [3.05, 3.63) is 36.0 Å². The zero-order chi connectivity index (χ0) is 12.8. The maximum atomic E-state index is 5.51. The Kier molecular flexibility index (Phi) is 4.25. The van der Waals surface area contributed by atoms with Crippen LogP contribution in [0.5, 0.6) is 0 Å². The molecule has 0 bridgehead atoms. The summed E-state index contributed by atoms with van der Waals surface area (Å²) in [5, 5.41) is 14.2. The molecule has 1 atom stereocenters. The first-order chi connectivity index (χ1) is 8.79. The summed E-state index contributed by atoms with van der Waals surface area (Å²) in [6, 6.07) is 4.38. The summed E-state index contributed by atoms with van der Waals surface area (Å²) in [7, 11) is 0. The van der Waals surface area contributed by atoms with Gasteiger partial charge in [-0.1, -0.05) is 12.0 Å². The van der Waals surface area contributed by atoms with Crippen LogP contribution < -0.4 is 10.6 Å². The van der Waals surface area contributed by atoms with E-state index in [1.54, 1.807) is 12.4 Å². The summed E-state index contributed by atoms with van der Waals surface area (Å²) >= 11 is 0. The van der Waals surface area contributed by atoms with Gasteiger partial charge in [0.1, 0.15) is 0 Å². The Balaban J connectivity index is 1.91. The second kappa shape index (κ2) is 6.11. The van der Waals surface area contributed by atoms with Crippen LogP contribution in [0.3, 0.4) is 0 Å². The van der Waals surface area contributed by atoms with Gasteiger partial charge in [0.05, 0.1) is 6.04 Å². The third-order valence-corrected chi connectivity index (χ3v) is 2.51. The van der Waals surface area contributed by atoms with Crippen molar-refractivity contribution in [2.45, 2.75) is 26.4 Å². The second-order valence-electron chi connectivity index (χ2n) is 3.93. The number of pyridine rings is 1. The van der Waals surface area contributed by atoms with Gasteiger partial charge in [-0.15, -0.1) is 5.10 Å². The fraction of sp³-hybridized carbons (Fsp3) is 0.417. The van der Waals surface area contributed by atoms with Crippen LogP contribution in [0.15, 0.2) is 28.9 Å². The zero-order valence-corrected chi connectivity index (χ0v) is 10.6. The highest BCUT2D eigenvalue weighted by atomic mass is 16.4. The van der Waals surface area contributed by atoms with Crippen molar-refractivity contribution in [1.82, 2.24) is 20.5 Å². The molecule has 2 aromatic heterocycles. The van der Waals surface area contributed by atoms with Gasteiger partial charge in [-0.3, -0.25) is 4.98 Å². The number of aromatic nitrogens is 3. The lowest BCUT2D eigenvalue weighted by atomic mass is 10.3. The largest absolute Gasteiger partial charge is 0.406 e. The lowest BCUT2D eigenvalue weighted by Crippen LogP contribution is -2.17. The molecule has 6 heteroatoms. The van der Waals surface area contributed by atoms with Crippen LogP contribution in [0.1, 0.15) is 31.3 Å². The monoisotopic (exact) mass is 247 g/mol. The predicted octanol–water partition coefficient (Wildman–Crippen LogP) is 1.75. The average Bonchev–Trinajstić information content (AvgIpc) is 2.87. The zero-order valence-electron chi connectivity index (χ0n) is 10.6. The van der Waals surface area contributed by atoms with E-state index < -0.39 is 0 Å². The minimum atomic E-state index is 0.0685. The van der Waals surface area contributed by atoms with E-state index in [2.05, 4.69) is 25.8 Å². The summed E-state index contributed by atoms with van der Waals surface area (Å²) in [5.74, 6) is 0.592. The molecule has 2 aromatic rings. The lowest BCUT2D eigenvalue weighted by molar-refractivity contribution is 0.428. The number of anilines is 1. The van der Waals surface area contributed by atoms with E-state index in [4.69, 9.17) is 4.42 Å². The number of rotatable bonds is 6. The molecule has 2 rings (SSSR count). The van der Waals surface area contributed by atoms with E-state index in [-0.39, 0.29) is 6.04 Å². The number of nitrogens with zero attached hydrogens (tertiary/aromatic N) is 3. The smallest absolute Gasteiger partial charge is 0.315 e. The molecule has 0 saturated carbocycles. The summed E-state index contributed by atoms with van der Waals surface area (Å²) < 4.78 is 5.51. The maximum absolute atomic E-state index is 5.51. The minimum absolute atomic E-state index is 0.0685. The minimum Gasteiger partial charge on any atom is -0.406 e. The van der Waals surface area contributed by atoms with Crippen LogP contribution in [0, 0.1) is 0 Å². The van der Waals surface area contributed by atoms with Crippen LogP contribution in [-0.4, -0.2) is 21.7 Å². The van der Waals surface area contributed by atoms with Crippen molar-refractivity contribution in [3.8, 4) is 0 Å². The molecule has 0 aliphatic carbocycles. The molecular formula is C12H17N5O. The molecular weight excluding hydrogens is 230 g/mol. The number of hydrogen-bond donors (Lipinski definition) is 2. The van der Waals surface area contributed by atoms with Gasteiger partial charge in [0, 0.05) is 18.9 Å². The van der Waals surface area contributed by atoms with Crippen molar-refractivity contribution in [2.24, 2.45) is 0 Å². The van der Waals surface area contributed by atoms with E-state index in [0.29, 0.717) is 18.5 Å². The van der Waals surface area contributed by atoms with Gasteiger partial charge in [-0.05, 0) is 31.2 Å². The van der Waals surface area contributed by atoms with E-state index in [0.717, 1.165) is 12.1 Å². The molecule has 6 nitrogen and oxygen atoms in total. The number of nitrogens with one attached hydrogen (secondary N) is 2. The van der Waals surface area contributed by atoms with Gasteiger partial charge in [0.15, 0.2) is 0 Å². The number of hydrogen-bond acceptors (Lipinski definition) is 6. The standard InChI is InChI=1S/C12H17N5O/c1-3-14-9(2)11-16-17-12(18-11)15-8-10-4-6-13-7-5-10/h4-7,9,14H,3,8H2,1-2H3,(H,15,17). The fourth-order valence-electron chi connectivity index (χ4n) is 1.55. The van der Waals surface area contributed by atoms with Crippen molar-refractivity contribution >= 4 is 6.01 Å². The summed E-state index contributed by atoms with van der Waals surface area (Å²) in [4.78, 5) is 3.96. The Morgan fingerprint density at radius 2 is 2.06 bits per heavy atom. The fourth-order valence-corrected chi connectivity index (χ4v) is 1.55. The summed E-state index contributed by atoms with van der Waals surface area (Å²) in [5.41, 5.74) is 1.12. The molecule has 1 unspecified atom stereocenters. The van der Waals surface area contributed by atoms with Gasteiger partial charge in [0.2, 0.25) is 5.89 Å². The third kappa shape index (κ3) is 3.27. The maximum Gasteiger partial charge on any atom is 0.315 e. The first-order valence-electron chi connectivity index (χ1n) is 5.99. The molecule has 0 saturated heterocycles. The van der Waals surface area contributed by atoms with Crippen LogP contribution in [0.2, 0.25) is 0 Å². The van der Waals surface area contributed by atoms with E-state index >= 15 is 0 Å². The molecule has 0 aromatic carbocycles. The van der Waals surface area contributed by atoms with Gasteiger partial charge in [-0.25, -0.2) is 0 Å². The Labute approximate surface area is 106 Å². The average molecular weight is 247 g/mol. The molecule has 0 radical (unpaired) electrons. The Bertz CT molecular complexity index is 470. The van der Waals surface area contributed by atoms with Crippen LogP contribution in [-0.2, 0) is 6.54 Å². The summed E-state index contributed by atoms with van der Waals surface area (Å²) in [6.07, 6.45) is 3.51. The molecule has 0 aliphatic rings. The third-order valence-electron chi connectivity index (χ3n) is 2.51. The SMILES string of the molecule is CCNC(C)c1nnc(NCc2ccncc2)o1. The highest BCUT2D eigenvalue weighted by molar-refractivity contribution is 5.22. The lowest BCUT2D eigenvalue weighted by Gasteiger charge is -2.06. The Hall–Kier alpha value is -1.95. The van der Waals surface area contributed by atoms with Crippen molar-refractivity contribution in [2.75, 3.05) is 11.9 Å².